The van der Waals surface area contributed by atoms with E-state index in [1.165, 1.54) is 11.1 Å². The molecule has 3 heteroatoms. The van der Waals surface area contributed by atoms with E-state index in [1.54, 1.807) is 0 Å². The molecule has 0 saturated heterocycles. The molecular formula is C17H25N3. The molecule has 2 heterocycles. The molecule has 0 N–H and O–H groups in total. The monoisotopic (exact) mass is 271 g/mol. The highest BCUT2D eigenvalue weighted by molar-refractivity contribution is 5.16. The van der Waals surface area contributed by atoms with Crippen molar-refractivity contribution in [3.8, 4) is 0 Å². The fraction of sp³-hybridized carbons (Fsp3) is 0.471. The molecule has 0 amide bonds. The van der Waals surface area contributed by atoms with Crippen LogP contribution in [0.1, 0.15) is 62.2 Å². The molecule has 108 valence electrons. The van der Waals surface area contributed by atoms with Gasteiger partial charge in [0, 0.05) is 24.3 Å². The Bertz CT molecular complexity index is 449. The maximum atomic E-state index is 4.20. The Morgan fingerprint density at radius 3 is 1.60 bits per heavy atom. The highest BCUT2D eigenvalue weighted by Crippen LogP contribution is 2.12. The molecule has 0 atom stereocenters. The summed E-state index contributed by atoms with van der Waals surface area (Å²) in [5, 5.41) is 0. The maximum Gasteiger partial charge on any atom is 0.125 e. The van der Waals surface area contributed by atoms with Gasteiger partial charge in [0.1, 0.15) is 5.82 Å². The van der Waals surface area contributed by atoms with Gasteiger partial charge >= 0.3 is 0 Å². The highest BCUT2D eigenvalue weighted by atomic mass is 14.8. The lowest BCUT2D eigenvalue weighted by molar-refractivity contribution is 0.837. The second-order valence-corrected chi connectivity index (χ2v) is 5.61. The van der Waals surface area contributed by atoms with Gasteiger partial charge in [-0.05, 0) is 42.9 Å². The first kappa shape index (κ1) is 16.3. The molecule has 2 rings (SSSR count). The van der Waals surface area contributed by atoms with Gasteiger partial charge in [0.05, 0.1) is 0 Å². The van der Waals surface area contributed by atoms with E-state index in [4.69, 9.17) is 0 Å². The molecule has 2 aromatic rings. The molecule has 3 nitrogen and oxygen atoms in total. The van der Waals surface area contributed by atoms with Gasteiger partial charge in [0.2, 0.25) is 0 Å². The molecule has 20 heavy (non-hydrogen) atoms. The van der Waals surface area contributed by atoms with Crippen molar-refractivity contribution in [3.63, 3.8) is 0 Å². The number of hydrogen-bond donors (Lipinski definition) is 0. The van der Waals surface area contributed by atoms with Crippen molar-refractivity contribution < 1.29 is 0 Å². The summed E-state index contributed by atoms with van der Waals surface area (Å²) >= 11 is 0. The minimum absolute atomic E-state index is 0.528. The normalized spacial score (nSPS) is 10.4. The van der Waals surface area contributed by atoms with Crippen LogP contribution >= 0.6 is 0 Å². The van der Waals surface area contributed by atoms with Crippen LogP contribution in [0.2, 0.25) is 0 Å². The number of rotatable bonds is 2. The standard InChI is InChI=1S/C9H13N.C8H12N2/c1-7(2)9-5-4-8(3)10-6-9;1-6(2)8-4-9-7(3)10-5-8/h4-7H,1-3H3;4-6H,1-3H3. The summed E-state index contributed by atoms with van der Waals surface area (Å²) in [4.78, 5) is 12.4. The molecule has 0 fully saturated rings. The number of pyridine rings is 1. The number of aromatic nitrogens is 3. The fourth-order valence-corrected chi connectivity index (χ4v) is 1.52. The summed E-state index contributed by atoms with van der Waals surface area (Å²) in [5.41, 5.74) is 3.60. The van der Waals surface area contributed by atoms with E-state index in [0.29, 0.717) is 11.8 Å². The largest absolute Gasteiger partial charge is 0.261 e. The molecule has 0 bridgehead atoms. The van der Waals surface area contributed by atoms with E-state index in [0.717, 1.165) is 11.5 Å². The van der Waals surface area contributed by atoms with Crippen molar-refractivity contribution in [2.75, 3.05) is 0 Å². The Morgan fingerprint density at radius 1 is 0.700 bits per heavy atom. The molecule has 0 unspecified atom stereocenters. The zero-order chi connectivity index (χ0) is 15.1. The first-order valence-electron chi connectivity index (χ1n) is 7.11. The fourth-order valence-electron chi connectivity index (χ4n) is 1.52. The molecule has 2 aromatic heterocycles. The van der Waals surface area contributed by atoms with E-state index >= 15 is 0 Å². The lowest BCUT2D eigenvalue weighted by Gasteiger charge is -2.02. The van der Waals surface area contributed by atoms with Crippen LogP contribution in [-0.2, 0) is 0 Å². The second kappa shape index (κ2) is 7.73. The van der Waals surface area contributed by atoms with Crippen LogP contribution in [0.3, 0.4) is 0 Å². The lowest BCUT2D eigenvalue weighted by Crippen LogP contribution is -1.92. The predicted molar refractivity (Wildman–Crippen MR) is 83.9 cm³/mol. The third-order valence-corrected chi connectivity index (χ3v) is 3.07. The van der Waals surface area contributed by atoms with Crippen molar-refractivity contribution in [1.29, 1.82) is 0 Å². The van der Waals surface area contributed by atoms with E-state index in [1.807, 2.05) is 32.4 Å². The number of nitrogens with zero attached hydrogens (tertiary/aromatic N) is 3. The van der Waals surface area contributed by atoms with Crippen LogP contribution in [-0.4, -0.2) is 15.0 Å². The third-order valence-electron chi connectivity index (χ3n) is 3.07. The second-order valence-electron chi connectivity index (χ2n) is 5.61. The van der Waals surface area contributed by atoms with E-state index < -0.39 is 0 Å². The number of aryl methyl sites for hydroxylation is 2. The average Bonchev–Trinajstić information content (AvgIpc) is 2.40. The van der Waals surface area contributed by atoms with Gasteiger partial charge in [-0.3, -0.25) is 4.98 Å². The van der Waals surface area contributed by atoms with Crippen molar-refractivity contribution in [2.24, 2.45) is 0 Å². The van der Waals surface area contributed by atoms with Gasteiger partial charge in [-0.2, -0.15) is 0 Å². The summed E-state index contributed by atoms with van der Waals surface area (Å²) in [6.07, 6.45) is 5.71. The Balaban J connectivity index is 0.000000200. The minimum atomic E-state index is 0.528. The van der Waals surface area contributed by atoms with Gasteiger partial charge in [-0.15, -0.1) is 0 Å². The maximum absolute atomic E-state index is 4.20. The minimum Gasteiger partial charge on any atom is -0.261 e. The lowest BCUT2D eigenvalue weighted by atomic mass is 10.1. The van der Waals surface area contributed by atoms with Crippen molar-refractivity contribution in [3.05, 3.63) is 53.4 Å². The molecule has 0 saturated carbocycles. The Kier molecular flexibility index (Phi) is 6.29. The predicted octanol–water partition coefficient (Wildman–Crippen LogP) is 4.42. The van der Waals surface area contributed by atoms with E-state index in [2.05, 4.69) is 54.8 Å². The molecule has 0 aliphatic heterocycles. The summed E-state index contributed by atoms with van der Waals surface area (Å²) in [7, 11) is 0. The quantitative estimate of drug-likeness (QED) is 0.811. The van der Waals surface area contributed by atoms with Crippen molar-refractivity contribution in [1.82, 2.24) is 15.0 Å². The van der Waals surface area contributed by atoms with Gasteiger partial charge < -0.3 is 0 Å². The highest BCUT2D eigenvalue weighted by Gasteiger charge is 1.97. The Morgan fingerprint density at radius 2 is 1.20 bits per heavy atom. The van der Waals surface area contributed by atoms with E-state index in [-0.39, 0.29) is 0 Å². The van der Waals surface area contributed by atoms with Crippen LogP contribution < -0.4 is 0 Å². The summed E-state index contributed by atoms with van der Waals surface area (Å²) in [6.45, 7) is 12.5. The van der Waals surface area contributed by atoms with Crippen molar-refractivity contribution >= 4 is 0 Å². The topological polar surface area (TPSA) is 38.7 Å². The molecule has 0 aliphatic rings. The zero-order valence-electron chi connectivity index (χ0n) is 13.4. The summed E-state index contributed by atoms with van der Waals surface area (Å²) < 4.78 is 0. The Labute approximate surface area is 122 Å². The van der Waals surface area contributed by atoms with Gasteiger partial charge in [0.25, 0.3) is 0 Å². The van der Waals surface area contributed by atoms with Gasteiger partial charge in [-0.1, -0.05) is 33.8 Å². The first-order chi connectivity index (χ1) is 9.40. The summed E-state index contributed by atoms with van der Waals surface area (Å²) in [6, 6.07) is 4.18. The molecule has 0 aliphatic carbocycles. The van der Waals surface area contributed by atoms with Crippen molar-refractivity contribution in [2.45, 2.75) is 53.4 Å². The van der Waals surface area contributed by atoms with E-state index in [9.17, 15) is 0 Å². The Hall–Kier alpha value is -1.77. The molecule has 0 radical (unpaired) electrons. The van der Waals surface area contributed by atoms with Crippen LogP contribution in [0.15, 0.2) is 30.7 Å². The summed E-state index contributed by atoms with van der Waals surface area (Å²) in [5.74, 6) is 1.96. The smallest absolute Gasteiger partial charge is 0.125 e. The van der Waals surface area contributed by atoms with Gasteiger partial charge in [-0.25, -0.2) is 9.97 Å². The van der Waals surface area contributed by atoms with Gasteiger partial charge in [0.15, 0.2) is 0 Å². The molecule has 0 spiro atoms. The van der Waals surface area contributed by atoms with Crippen LogP contribution in [0, 0.1) is 13.8 Å². The van der Waals surface area contributed by atoms with Crippen LogP contribution in [0.5, 0.6) is 0 Å². The average molecular weight is 271 g/mol. The molecular weight excluding hydrogens is 246 g/mol. The zero-order valence-corrected chi connectivity index (χ0v) is 13.4. The molecule has 0 aromatic carbocycles. The number of hydrogen-bond acceptors (Lipinski definition) is 3. The van der Waals surface area contributed by atoms with Crippen LogP contribution in [0.25, 0.3) is 0 Å². The third kappa shape index (κ3) is 5.47. The van der Waals surface area contributed by atoms with Crippen LogP contribution in [0.4, 0.5) is 0 Å². The first-order valence-corrected chi connectivity index (χ1v) is 7.11. The SMILES string of the molecule is Cc1ccc(C(C)C)cn1.Cc1ncc(C(C)C)cn1.